The van der Waals surface area contributed by atoms with Gasteiger partial charge >= 0.3 is 0 Å². The zero-order chi connectivity index (χ0) is 13.2. The molecule has 0 aromatic carbocycles. The van der Waals surface area contributed by atoms with Crippen LogP contribution in [0.3, 0.4) is 0 Å². The highest BCUT2D eigenvalue weighted by Gasteiger charge is 2.32. The van der Waals surface area contributed by atoms with Crippen molar-refractivity contribution in [2.24, 2.45) is 5.41 Å². The summed E-state index contributed by atoms with van der Waals surface area (Å²) < 4.78 is 0. The van der Waals surface area contributed by atoms with Gasteiger partial charge in [0.25, 0.3) is 0 Å². The second-order valence-corrected chi connectivity index (χ2v) is 7.10. The first-order valence-corrected chi connectivity index (χ1v) is 7.68. The monoisotopic (exact) mass is 267 g/mol. The smallest absolute Gasteiger partial charge is 0.0798 e. The third-order valence-corrected chi connectivity index (χ3v) is 5.00. The lowest BCUT2D eigenvalue weighted by molar-refractivity contribution is 0.136. The first-order chi connectivity index (χ1) is 8.49. The number of rotatable bonds is 4. The molecule has 18 heavy (non-hydrogen) atoms. The molecule has 0 spiro atoms. The maximum atomic E-state index is 4.32. The van der Waals surface area contributed by atoms with E-state index in [2.05, 4.69) is 43.0 Å². The SMILES string of the molecule is Cc1ncsc1CN(C)CC1NCCCC1(C)C. The molecule has 102 valence electrons. The fourth-order valence-electron chi connectivity index (χ4n) is 2.68. The van der Waals surface area contributed by atoms with Crippen LogP contribution >= 0.6 is 11.3 Å². The Morgan fingerprint density at radius 1 is 1.56 bits per heavy atom. The van der Waals surface area contributed by atoms with Gasteiger partial charge in [-0.15, -0.1) is 11.3 Å². The van der Waals surface area contributed by atoms with E-state index in [1.54, 1.807) is 11.3 Å². The van der Waals surface area contributed by atoms with E-state index >= 15 is 0 Å². The lowest BCUT2D eigenvalue weighted by Crippen LogP contribution is -2.52. The second kappa shape index (κ2) is 5.68. The van der Waals surface area contributed by atoms with Crippen molar-refractivity contribution in [3.63, 3.8) is 0 Å². The highest BCUT2D eigenvalue weighted by Crippen LogP contribution is 2.30. The quantitative estimate of drug-likeness (QED) is 0.909. The van der Waals surface area contributed by atoms with Gasteiger partial charge < -0.3 is 5.32 Å². The van der Waals surface area contributed by atoms with Gasteiger partial charge in [0.2, 0.25) is 0 Å². The second-order valence-electron chi connectivity index (χ2n) is 6.16. The predicted octanol–water partition coefficient (Wildman–Crippen LogP) is 2.66. The Morgan fingerprint density at radius 3 is 2.94 bits per heavy atom. The van der Waals surface area contributed by atoms with Crippen LogP contribution in [0.1, 0.15) is 37.3 Å². The molecule has 1 fully saturated rings. The first-order valence-electron chi connectivity index (χ1n) is 6.80. The summed E-state index contributed by atoms with van der Waals surface area (Å²) in [5.74, 6) is 0. The van der Waals surface area contributed by atoms with E-state index in [1.165, 1.54) is 30.0 Å². The molecular weight excluding hydrogens is 242 g/mol. The summed E-state index contributed by atoms with van der Waals surface area (Å²) in [6.07, 6.45) is 2.64. The summed E-state index contributed by atoms with van der Waals surface area (Å²) in [4.78, 5) is 8.14. The minimum atomic E-state index is 0.412. The third-order valence-electron chi connectivity index (χ3n) is 4.08. The Kier molecular flexibility index (Phi) is 4.41. The molecule has 1 N–H and O–H groups in total. The van der Waals surface area contributed by atoms with Gasteiger partial charge in [0.15, 0.2) is 0 Å². The lowest BCUT2D eigenvalue weighted by Gasteiger charge is -2.41. The Hall–Kier alpha value is -0.450. The fraction of sp³-hybridized carbons (Fsp3) is 0.786. The standard InChI is InChI=1S/C14H25N3S/c1-11-12(18-10-16-11)8-17(4)9-13-14(2,3)6-5-7-15-13/h10,13,15H,5-9H2,1-4H3. The zero-order valence-electron chi connectivity index (χ0n) is 12.0. The van der Waals surface area contributed by atoms with Crippen molar-refractivity contribution in [1.82, 2.24) is 15.2 Å². The third kappa shape index (κ3) is 3.31. The van der Waals surface area contributed by atoms with Crippen LogP contribution in [-0.4, -0.2) is 36.1 Å². The summed E-state index contributed by atoms with van der Waals surface area (Å²) in [7, 11) is 2.21. The minimum absolute atomic E-state index is 0.412. The van der Waals surface area contributed by atoms with E-state index in [1.807, 2.05) is 5.51 Å². The number of likely N-dealkylation sites (N-methyl/N-ethyl adjacent to an activating group) is 1. The maximum absolute atomic E-state index is 4.32. The number of nitrogens with zero attached hydrogens (tertiary/aromatic N) is 2. The molecule has 0 radical (unpaired) electrons. The van der Waals surface area contributed by atoms with Crippen molar-refractivity contribution in [2.45, 2.75) is 46.2 Å². The fourth-order valence-corrected chi connectivity index (χ4v) is 3.54. The predicted molar refractivity (Wildman–Crippen MR) is 78.0 cm³/mol. The Labute approximate surface area is 115 Å². The van der Waals surface area contributed by atoms with Crippen LogP contribution in [0, 0.1) is 12.3 Å². The summed E-state index contributed by atoms with van der Waals surface area (Å²) in [6.45, 7) is 10.2. The van der Waals surface area contributed by atoms with Crippen molar-refractivity contribution < 1.29 is 0 Å². The highest BCUT2D eigenvalue weighted by atomic mass is 32.1. The molecule has 0 aliphatic carbocycles. The van der Waals surface area contributed by atoms with Gasteiger partial charge in [0.1, 0.15) is 0 Å². The van der Waals surface area contributed by atoms with Crippen LogP contribution in [0.4, 0.5) is 0 Å². The van der Waals surface area contributed by atoms with Crippen LogP contribution in [0.25, 0.3) is 0 Å². The average molecular weight is 267 g/mol. The van der Waals surface area contributed by atoms with E-state index in [4.69, 9.17) is 0 Å². The molecule has 2 rings (SSSR count). The van der Waals surface area contributed by atoms with Crippen LogP contribution in [0.2, 0.25) is 0 Å². The number of hydrogen-bond acceptors (Lipinski definition) is 4. The molecule has 1 aromatic rings. The van der Waals surface area contributed by atoms with Crippen molar-refractivity contribution in [2.75, 3.05) is 20.1 Å². The van der Waals surface area contributed by atoms with Gasteiger partial charge in [-0.2, -0.15) is 0 Å². The molecule has 1 aliphatic heterocycles. The summed E-state index contributed by atoms with van der Waals surface area (Å²) in [5.41, 5.74) is 3.54. The van der Waals surface area contributed by atoms with Gasteiger partial charge in [0, 0.05) is 24.0 Å². The molecule has 1 atom stereocenters. The van der Waals surface area contributed by atoms with Gasteiger partial charge in [0.05, 0.1) is 11.2 Å². The van der Waals surface area contributed by atoms with E-state index in [0.29, 0.717) is 11.5 Å². The number of aromatic nitrogens is 1. The zero-order valence-corrected chi connectivity index (χ0v) is 12.8. The number of piperidine rings is 1. The summed E-state index contributed by atoms with van der Waals surface area (Å²) >= 11 is 1.77. The van der Waals surface area contributed by atoms with E-state index in [0.717, 1.165) is 13.1 Å². The molecule has 2 heterocycles. The maximum Gasteiger partial charge on any atom is 0.0798 e. The van der Waals surface area contributed by atoms with E-state index in [9.17, 15) is 0 Å². The first kappa shape index (κ1) is 14.0. The number of thiazole rings is 1. The van der Waals surface area contributed by atoms with Crippen LogP contribution in [-0.2, 0) is 6.54 Å². The van der Waals surface area contributed by atoms with Gasteiger partial charge in [-0.05, 0) is 38.8 Å². The molecule has 1 aromatic heterocycles. The van der Waals surface area contributed by atoms with Crippen LogP contribution in [0.15, 0.2) is 5.51 Å². The molecule has 1 unspecified atom stereocenters. The largest absolute Gasteiger partial charge is 0.312 e. The van der Waals surface area contributed by atoms with Gasteiger partial charge in [-0.25, -0.2) is 4.98 Å². The molecular formula is C14H25N3S. The van der Waals surface area contributed by atoms with Gasteiger partial charge in [-0.1, -0.05) is 13.8 Å². The normalized spacial score (nSPS) is 23.5. The minimum Gasteiger partial charge on any atom is -0.312 e. The van der Waals surface area contributed by atoms with Crippen LogP contribution < -0.4 is 5.32 Å². The molecule has 4 heteroatoms. The molecule has 0 saturated carbocycles. The molecule has 3 nitrogen and oxygen atoms in total. The van der Waals surface area contributed by atoms with Crippen molar-refractivity contribution in [1.29, 1.82) is 0 Å². The Balaban J connectivity index is 1.90. The topological polar surface area (TPSA) is 28.2 Å². The molecule has 0 bridgehead atoms. The number of nitrogens with one attached hydrogen (secondary N) is 1. The Bertz CT molecular complexity index is 386. The van der Waals surface area contributed by atoms with Gasteiger partial charge in [-0.3, -0.25) is 4.90 Å². The molecule has 1 aliphatic rings. The van der Waals surface area contributed by atoms with Crippen molar-refractivity contribution in [3.05, 3.63) is 16.1 Å². The number of aryl methyl sites for hydroxylation is 1. The average Bonchev–Trinajstić information content (AvgIpc) is 2.67. The highest BCUT2D eigenvalue weighted by molar-refractivity contribution is 7.09. The summed E-state index contributed by atoms with van der Waals surface area (Å²) in [6, 6.07) is 0.601. The van der Waals surface area contributed by atoms with E-state index < -0.39 is 0 Å². The molecule has 0 amide bonds. The molecule has 1 saturated heterocycles. The summed E-state index contributed by atoms with van der Waals surface area (Å²) in [5, 5.41) is 3.68. The Morgan fingerprint density at radius 2 is 2.33 bits per heavy atom. The van der Waals surface area contributed by atoms with Crippen LogP contribution in [0.5, 0.6) is 0 Å². The van der Waals surface area contributed by atoms with Crippen molar-refractivity contribution >= 4 is 11.3 Å². The lowest BCUT2D eigenvalue weighted by atomic mass is 9.77. The van der Waals surface area contributed by atoms with E-state index in [-0.39, 0.29) is 0 Å². The number of hydrogen-bond donors (Lipinski definition) is 1. The van der Waals surface area contributed by atoms with Crippen molar-refractivity contribution in [3.8, 4) is 0 Å².